The molecule has 3 aromatic rings. The van der Waals surface area contributed by atoms with E-state index in [1.807, 2.05) is 18.3 Å². The molecule has 7 heteroatoms. The summed E-state index contributed by atoms with van der Waals surface area (Å²) in [5.41, 5.74) is 5.89. The van der Waals surface area contributed by atoms with E-state index in [1.165, 1.54) is 17.0 Å². The lowest BCUT2D eigenvalue weighted by molar-refractivity contribution is 0.277. The second-order valence-corrected chi connectivity index (χ2v) is 9.56. The zero-order valence-electron chi connectivity index (χ0n) is 18.3. The summed E-state index contributed by atoms with van der Waals surface area (Å²) >= 11 is 9.34. The molecule has 31 heavy (non-hydrogen) atoms. The number of halogens is 1. The Labute approximate surface area is 198 Å². The van der Waals surface area contributed by atoms with Gasteiger partial charge in [-0.15, -0.1) is 0 Å². The third kappa shape index (κ3) is 4.40. The number of likely N-dealkylation sites (N-methyl/N-ethyl adjacent to an activating group) is 1. The van der Waals surface area contributed by atoms with Crippen LogP contribution in [0.2, 0.25) is 0 Å². The van der Waals surface area contributed by atoms with E-state index in [4.69, 9.17) is 12.2 Å². The fraction of sp³-hybridized carbons (Fsp3) is 0.333. The van der Waals surface area contributed by atoms with Crippen molar-refractivity contribution in [2.45, 2.75) is 25.9 Å². The lowest BCUT2D eigenvalue weighted by atomic mass is 9.97. The lowest BCUT2D eigenvalue weighted by Gasteiger charge is -2.29. The minimum Gasteiger partial charge on any atom is -0.352 e. The van der Waals surface area contributed by atoms with Crippen LogP contribution in [0.15, 0.2) is 59.2 Å². The molecular formula is C24H28BrN5S. The molecule has 1 fully saturated rings. The summed E-state index contributed by atoms with van der Waals surface area (Å²) in [4.78, 5) is 9.17. The average Bonchev–Trinajstić information content (AvgIpc) is 3.23. The molecule has 1 N–H and O–H groups in total. The first kappa shape index (κ1) is 22.0. The second kappa shape index (κ2) is 9.10. The number of aryl methyl sites for hydroxylation is 1. The van der Waals surface area contributed by atoms with Gasteiger partial charge < -0.3 is 19.7 Å². The van der Waals surface area contributed by atoms with Gasteiger partial charge in [-0.3, -0.25) is 4.98 Å². The maximum Gasteiger partial charge on any atom is 0.170 e. The van der Waals surface area contributed by atoms with Crippen molar-refractivity contribution in [1.82, 2.24) is 24.7 Å². The molecule has 0 aliphatic carbocycles. The Kier molecular flexibility index (Phi) is 6.46. The van der Waals surface area contributed by atoms with Crippen LogP contribution in [0.4, 0.5) is 0 Å². The van der Waals surface area contributed by atoms with Gasteiger partial charge in [0, 0.05) is 40.8 Å². The van der Waals surface area contributed by atoms with Crippen LogP contribution in [0.5, 0.6) is 0 Å². The number of rotatable bonds is 6. The Balaban J connectivity index is 1.80. The smallest absolute Gasteiger partial charge is 0.170 e. The summed E-state index contributed by atoms with van der Waals surface area (Å²) < 4.78 is 3.40. The molecule has 0 saturated carbocycles. The molecule has 3 heterocycles. The third-order valence-corrected chi connectivity index (χ3v) is 6.74. The second-order valence-electron chi connectivity index (χ2n) is 8.26. The third-order valence-electron chi connectivity index (χ3n) is 5.86. The highest BCUT2D eigenvalue weighted by Crippen LogP contribution is 2.41. The van der Waals surface area contributed by atoms with E-state index >= 15 is 0 Å². The fourth-order valence-electron chi connectivity index (χ4n) is 4.37. The van der Waals surface area contributed by atoms with Crippen LogP contribution >= 0.6 is 28.1 Å². The Bertz CT molecular complexity index is 1060. The van der Waals surface area contributed by atoms with E-state index in [1.54, 1.807) is 0 Å². The van der Waals surface area contributed by atoms with Crippen molar-refractivity contribution in [3.05, 3.63) is 81.8 Å². The normalized spacial score (nSPS) is 18.6. The van der Waals surface area contributed by atoms with Crippen molar-refractivity contribution in [1.29, 1.82) is 0 Å². The predicted molar refractivity (Wildman–Crippen MR) is 134 cm³/mol. The Morgan fingerprint density at radius 3 is 2.52 bits per heavy atom. The summed E-state index contributed by atoms with van der Waals surface area (Å²) in [5, 5.41) is 4.34. The van der Waals surface area contributed by atoms with Crippen molar-refractivity contribution in [3.8, 4) is 5.69 Å². The molecule has 0 radical (unpaired) electrons. The summed E-state index contributed by atoms with van der Waals surface area (Å²) in [6, 6.07) is 16.9. The molecule has 1 aromatic carbocycles. The van der Waals surface area contributed by atoms with Crippen LogP contribution in [0, 0.1) is 13.8 Å². The number of benzene rings is 1. The first-order valence-corrected chi connectivity index (χ1v) is 11.6. The molecule has 2 aromatic heterocycles. The summed E-state index contributed by atoms with van der Waals surface area (Å²) in [7, 11) is 4.19. The predicted octanol–water partition coefficient (Wildman–Crippen LogP) is 4.79. The molecule has 1 aliphatic rings. The average molecular weight is 498 g/mol. The van der Waals surface area contributed by atoms with E-state index in [0.717, 1.165) is 34.1 Å². The minimum atomic E-state index is 0.00901. The molecule has 1 aliphatic heterocycles. The van der Waals surface area contributed by atoms with Gasteiger partial charge in [0.05, 0.1) is 17.8 Å². The standard InChI is InChI=1S/C24H28BrN5S/c1-16-15-20(17(2)30(16)19-10-8-18(25)9-11-19)23-22(21-7-5-6-12-26-21)27-24(31)29(23)14-13-28(3)4/h5-12,15,22-23H,13-14H2,1-4H3,(H,27,31)/t22-,23+/m1/s1. The van der Waals surface area contributed by atoms with Crippen molar-refractivity contribution in [2.24, 2.45) is 0 Å². The van der Waals surface area contributed by atoms with E-state index in [9.17, 15) is 0 Å². The van der Waals surface area contributed by atoms with Gasteiger partial charge >= 0.3 is 0 Å². The van der Waals surface area contributed by atoms with E-state index in [2.05, 4.69) is 105 Å². The zero-order valence-corrected chi connectivity index (χ0v) is 20.7. The zero-order chi connectivity index (χ0) is 22.1. The van der Waals surface area contributed by atoms with Crippen LogP contribution in [0.3, 0.4) is 0 Å². The molecule has 5 nitrogen and oxygen atoms in total. The Morgan fingerprint density at radius 2 is 1.87 bits per heavy atom. The van der Waals surface area contributed by atoms with E-state index < -0.39 is 0 Å². The van der Waals surface area contributed by atoms with E-state index in [0.29, 0.717) is 0 Å². The van der Waals surface area contributed by atoms with Gasteiger partial charge in [0.25, 0.3) is 0 Å². The van der Waals surface area contributed by atoms with Crippen LogP contribution in [-0.4, -0.2) is 51.6 Å². The quantitative estimate of drug-likeness (QED) is 0.495. The summed E-state index contributed by atoms with van der Waals surface area (Å²) in [6.07, 6.45) is 1.85. The van der Waals surface area contributed by atoms with Crippen LogP contribution in [0.25, 0.3) is 5.69 Å². The number of aromatic nitrogens is 2. The number of thiocarbonyl (C=S) groups is 1. The summed E-state index contributed by atoms with van der Waals surface area (Å²) in [5.74, 6) is 0. The SMILES string of the molecule is Cc1cc([C@H]2[C@@H](c3ccccn3)NC(=S)N2CCN(C)C)c(C)n1-c1ccc(Br)cc1. The number of hydrogen-bond acceptors (Lipinski definition) is 3. The number of nitrogens with one attached hydrogen (secondary N) is 1. The largest absolute Gasteiger partial charge is 0.352 e. The number of nitrogens with zero attached hydrogens (tertiary/aromatic N) is 4. The minimum absolute atomic E-state index is 0.00901. The van der Waals surface area contributed by atoms with Crippen LogP contribution in [0.1, 0.15) is 34.7 Å². The van der Waals surface area contributed by atoms with Gasteiger partial charge in [-0.1, -0.05) is 22.0 Å². The van der Waals surface area contributed by atoms with Crippen molar-refractivity contribution >= 4 is 33.3 Å². The van der Waals surface area contributed by atoms with Crippen LogP contribution in [-0.2, 0) is 0 Å². The molecule has 0 bridgehead atoms. The van der Waals surface area contributed by atoms with Crippen molar-refractivity contribution < 1.29 is 0 Å². The van der Waals surface area contributed by atoms with Gasteiger partial charge in [-0.05, 0) is 88.2 Å². The summed E-state index contributed by atoms with van der Waals surface area (Å²) in [6.45, 7) is 6.15. The molecule has 0 spiro atoms. The fourth-order valence-corrected chi connectivity index (χ4v) is 4.96. The van der Waals surface area contributed by atoms with Crippen molar-refractivity contribution in [3.63, 3.8) is 0 Å². The van der Waals surface area contributed by atoms with Gasteiger partial charge in [0.2, 0.25) is 0 Å². The lowest BCUT2D eigenvalue weighted by Crippen LogP contribution is -2.35. The first-order valence-electron chi connectivity index (χ1n) is 10.4. The first-order chi connectivity index (χ1) is 14.9. The molecule has 2 atom stereocenters. The maximum absolute atomic E-state index is 5.79. The number of hydrogen-bond donors (Lipinski definition) is 1. The van der Waals surface area contributed by atoms with Crippen molar-refractivity contribution in [2.75, 3.05) is 27.2 Å². The molecule has 0 amide bonds. The van der Waals surface area contributed by atoms with Crippen LogP contribution < -0.4 is 5.32 Å². The Morgan fingerprint density at radius 1 is 1.13 bits per heavy atom. The molecule has 1 saturated heterocycles. The van der Waals surface area contributed by atoms with Gasteiger partial charge in [0.15, 0.2) is 5.11 Å². The molecule has 162 valence electrons. The van der Waals surface area contributed by atoms with E-state index in [-0.39, 0.29) is 12.1 Å². The number of pyridine rings is 1. The molecular weight excluding hydrogens is 470 g/mol. The van der Waals surface area contributed by atoms with Gasteiger partial charge in [0.1, 0.15) is 0 Å². The topological polar surface area (TPSA) is 36.3 Å². The highest BCUT2D eigenvalue weighted by molar-refractivity contribution is 9.10. The molecule has 4 rings (SSSR count). The van der Waals surface area contributed by atoms with Gasteiger partial charge in [-0.2, -0.15) is 0 Å². The monoisotopic (exact) mass is 497 g/mol. The molecule has 0 unspecified atom stereocenters. The highest BCUT2D eigenvalue weighted by Gasteiger charge is 2.41. The maximum atomic E-state index is 5.79. The van der Waals surface area contributed by atoms with Gasteiger partial charge in [-0.25, -0.2) is 0 Å². The highest BCUT2D eigenvalue weighted by atomic mass is 79.9. The Hall–Kier alpha value is -2.22.